The van der Waals surface area contributed by atoms with Crippen LogP contribution in [-0.4, -0.2) is 25.6 Å². The van der Waals surface area contributed by atoms with E-state index in [4.69, 9.17) is 5.73 Å². The second-order valence-corrected chi connectivity index (χ2v) is 7.17. The van der Waals surface area contributed by atoms with Crippen LogP contribution in [0.15, 0.2) is 46.8 Å². The maximum Gasteiger partial charge on any atom is 0.188 e. The van der Waals surface area contributed by atoms with Crippen LogP contribution in [0.4, 0.5) is 5.69 Å². The molecular weight excluding hydrogens is 443 g/mol. The van der Waals surface area contributed by atoms with E-state index in [0.717, 1.165) is 26.1 Å². The number of halogens is 1. The summed E-state index contributed by atoms with van der Waals surface area (Å²) in [6.07, 6.45) is 4.89. The van der Waals surface area contributed by atoms with Crippen LogP contribution in [0.25, 0.3) is 0 Å². The third-order valence-electron chi connectivity index (χ3n) is 4.37. The van der Waals surface area contributed by atoms with Crippen molar-refractivity contribution in [3.8, 4) is 0 Å². The number of anilines is 1. The van der Waals surface area contributed by atoms with Crippen molar-refractivity contribution in [2.45, 2.75) is 32.2 Å². The zero-order valence-electron chi connectivity index (χ0n) is 14.5. The average Bonchev–Trinajstić information content (AvgIpc) is 3.14. The van der Waals surface area contributed by atoms with Crippen LogP contribution >= 0.6 is 35.3 Å². The van der Waals surface area contributed by atoms with Gasteiger partial charge in [-0.3, -0.25) is 0 Å². The van der Waals surface area contributed by atoms with Gasteiger partial charge in [0.15, 0.2) is 5.96 Å². The fourth-order valence-electron chi connectivity index (χ4n) is 3.08. The summed E-state index contributed by atoms with van der Waals surface area (Å²) in [5, 5.41) is 5.31. The molecule has 0 spiro atoms. The lowest BCUT2D eigenvalue weighted by atomic mass is 10.1. The molecule has 2 aromatic rings. The van der Waals surface area contributed by atoms with Crippen LogP contribution in [0, 0.1) is 0 Å². The first-order chi connectivity index (χ1) is 11.8. The van der Waals surface area contributed by atoms with Gasteiger partial charge in [-0.2, -0.15) is 0 Å². The first-order valence-electron chi connectivity index (χ1n) is 8.72. The van der Waals surface area contributed by atoms with Crippen LogP contribution in [0.3, 0.4) is 0 Å². The highest BCUT2D eigenvalue weighted by Crippen LogP contribution is 2.24. The van der Waals surface area contributed by atoms with Crippen molar-refractivity contribution in [2.75, 3.05) is 24.5 Å². The van der Waals surface area contributed by atoms with Gasteiger partial charge in [-0.25, -0.2) is 4.99 Å². The molecule has 136 valence electrons. The van der Waals surface area contributed by atoms with Crippen LogP contribution in [0.1, 0.15) is 29.7 Å². The van der Waals surface area contributed by atoms with Crippen molar-refractivity contribution in [1.82, 2.24) is 5.32 Å². The number of benzene rings is 1. The van der Waals surface area contributed by atoms with E-state index < -0.39 is 0 Å². The number of aliphatic imine (C=N–C) groups is 1. The molecule has 0 amide bonds. The highest BCUT2D eigenvalue weighted by molar-refractivity contribution is 14.0. The van der Waals surface area contributed by atoms with Gasteiger partial charge in [0.1, 0.15) is 0 Å². The van der Waals surface area contributed by atoms with Crippen molar-refractivity contribution >= 4 is 47.0 Å². The SMILES string of the molecule is I.NC(=NCc1ccccc1N1CCCCC1)NCCc1cccs1. The Hall–Kier alpha value is -1.28. The largest absolute Gasteiger partial charge is 0.371 e. The second kappa shape index (κ2) is 10.7. The lowest BCUT2D eigenvalue weighted by molar-refractivity contribution is 0.576. The van der Waals surface area contributed by atoms with Gasteiger partial charge >= 0.3 is 0 Å². The number of hydrogen-bond donors (Lipinski definition) is 2. The molecule has 0 radical (unpaired) electrons. The first-order valence-corrected chi connectivity index (χ1v) is 9.60. The van der Waals surface area contributed by atoms with Crippen molar-refractivity contribution in [3.63, 3.8) is 0 Å². The normalized spacial score (nSPS) is 14.9. The molecule has 3 rings (SSSR count). The van der Waals surface area contributed by atoms with E-state index in [1.54, 1.807) is 11.3 Å². The third-order valence-corrected chi connectivity index (χ3v) is 5.30. The molecular formula is C19H27IN4S. The van der Waals surface area contributed by atoms with E-state index in [0.29, 0.717) is 12.5 Å². The van der Waals surface area contributed by atoms with Gasteiger partial charge in [0.25, 0.3) is 0 Å². The molecule has 6 heteroatoms. The predicted molar refractivity (Wildman–Crippen MR) is 119 cm³/mol. The predicted octanol–water partition coefficient (Wildman–Crippen LogP) is 4.00. The van der Waals surface area contributed by atoms with Crippen molar-refractivity contribution in [1.29, 1.82) is 0 Å². The van der Waals surface area contributed by atoms with E-state index >= 15 is 0 Å². The molecule has 25 heavy (non-hydrogen) atoms. The highest BCUT2D eigenvalue weighted by Gasteiger charge is 2.13. The van der Waals surface area contributed by atoms with Crippen LogP contribution in [0.2, 0.25) is 0 Å². The Bertz CT molecular complexity index is 651. The second-order valence-electron chi connectivity index (χ2n) is 6.13. The van der Waals surface area contributed by atoms with Gasteiger partial charge in [0.2, 0.25) is 0 Å². The maximum absolute atomic E-state index is 6.02. The van der Waals surface area contributed by atoms with Gasteiger partial charge in [0.05, 0.1) is 6.54 Å². The number of hydrogen-bond acceptors (Lipinski definition) is 3. The van der Waals surface area contributed by atoms with E-state index in [9.17, 15) is 0 Å². The van der Waals surface area contributed by atoms with Crippen molar-refractivity contribution < 1.29 is 0 Å². The molecule has 2 heterocycles. The summed E-state index contributed by atoms with van der Waals surface area (Å²) in [5.41, 5.74) is 8.58. The van der Waals surface area contributed by atoms with Gasteiger partial charge in [-0.05, 0) is 48.8 Å². The molecule has 1 fully saturated rings. The van der Waals surface area contributed by atoms with Gasteiger partial charge in [0, 0.05) is 30.2 Å². The summed E-state index contributed by atoms with van der Waals surface area (Å²) >= 11 is 1.78. The Labute approximate surface area is 171 Å². The standard InChI is InChI=1S/C19H26N4S.HI/c20-19(21-11-10-17-8-6-14-24-17)22-15-16-7-2-3-9-18(16)23-12-4-1-5-13-23;/h2-3,6-9,14H,1,4-5,10-13,15H2,(H3,20,21,22);1H. The monoisotopic (exact) mass is 470 g/mol. The Balaban J connectivity index is 0.00000225. The molecule has 0 bridgehead atoms. The molecule has 1 aliphatic rings. The zero-order chi connectivity index (χ0) is 16.6. The number of para-hydroxylation sites is 1. The summed E-state index contributed by atoms with van der Waals surface area (Å²) in [7, 11) is 0. The minimum atomic E-state index is 0. The number of nitrogens with two attached hydrogens (primary N) is 1. The smallest absolute Gasteiger partial charge is 0.188 e. The fraction of sp³-hybridized carbons (Fsp3) is 0.421. The number of nitrogens with zero attached hydrogens (tertiary/aromatic N) is 2. The molecule has 1 saturated heterocycles. The lowest BCUT2D eigenvalue weighted by Crippen LogP contribution is -2.33. The number of thiophene rings is 1. The fourth-order valence-corrected chi connectivity index (χ4v) is 3.79. The Morgan fingerprint density at radius 3 is 2.68 bits per heavy atom. The van der Waals surface area contributed by atoms with E-state index in [2.05, 4.69) is 57.0 Å². The summed E-state index contributed by atoms with van der Waals surface area (Å²) in [4.78, 5) is 8.38. The number of guanidine groups is 1. The number of piperidine rings is 1. The first kappa shape index (κ1) is 20.0. The topological polar surface area (TPSA) is 53.6 Å². The van der Waals surface area contributed by atoms with E-state index in [1.807, 2.05) is 0 Å². The Kier molecular flexibility index (Phi) is 8.54. The Morgan fingerprint density at radius 1 is 1.12 bits per heavy atom. The van der Waals surface area contributed by atoms with Crippen molar-refractivity contribution in [3.05, 3.63) is 52.2 Å². The van der Waals surface area contributed by atoms with Crippen molar-refractivity contribution in [2.24, 2.45) is 10.7 Å². The summed E-state index contributed by atoms with van der Waals surface area (Å²) in [6.45, 7) is 3.75. The van der Waals surface area contributed by atoms with Gasteiger partial charge in [-0.1, -0.05) is 24.3 Å². The number of nitrogens with one attached hydrogen (secondary N) is 1. The molecule has 0 aliphatic carbocycles. The maximum atomic E-state index is 6.02. The van der Waals surface area contributed by atoms with Gasteiger partial charge < -0.3 is 16.0 Å². The molecule has 0 saturated carbocycles. The number of rotatable bonds is 6. The lowest BCUT2D eigenvalue weighted by Gasteiger charge is -2.30. The Morgan fingerprint density at radius 2 is 1.92 bits per heavy atom. The molecule has 1 aromatic heterocycles. The molecule has 1 aromatic carbocycles. The highest BCUT2D eigenvalue weighted by atomic mass is 127. The summed E-state index contributed by atoms with van der Waals surface area (Å²) in [5.74, 6) is 0.528. The van der Waals surface area contributed by atoms with E-state index in [1.165, 1.54) is 35.4 Å². The minimum Gasteiger partial charge on any atom is -0.371 e. The molecule has 0 atom stereocenters. The van der Waals surface area contributed by atoms with Gasteiger partial charge in [-0.15, -0.1) is 35.3 Å². The molecule has 0 unspecified atom stereocenters. The average molecular weight is 470 g/mol. The molecule has 1 aliphatic heterocycles. The summed E-state index contributed by atoms with van der Waals surface area (Å²) in [6, 6.07) is 12.8. The summed E-state index contributed by atoms with van der Waals surface area (Å²) < 4.78 is 0. The van der Waals surface area contributed by atoms with Crippen LogP contribution < -0.4 is 16.0 Å². The quantitative estimate of drug-likeness (QED) is 0.381. The van der Waals surface area contributed by atoms with E-state index in [-0.39, 0.29) is 24.0 Å². The van der Waals surface area contributed by atoms with Crippen LogP contribution in [-0.2, 0) is 13.0 Å². The molecule has 3 N–H and O–H groups in total. The molecule has 4 nitrogen and oxygen atoms in total. The van der Waals surface area contributed by atoms with Crippen LogP contribution in [0.5, 0.6) is 0 Å². The minimum absolute atomic E-state index is 0. The zero-order valence-corrected chi connectivity index (χ0v) is 17.6. The third kappa shape index (κ3) is 6.18.